The number of hydrogen-bond donors (Lipinski definition) is 0. The second kappa shape index (κ2) is 5.47. The summed E-state index contributed by atoms with van der Waals surface area (Å²) in [5.41, 5.74) is 7.32. The summed E-state index contributed by atoms with van der Waals surface area (Å²) in [6, 6.07) is 5.80. The fourth-order valence-corrected chi connectivity index (χ4v) is 3.42. The minimum atomic E-state index is -0.0363. The van der Waals surface area contributed by atoms with Gasteiger partial charge in [-0.05, 0) is 37.5 Å². The van der Waals surface area contributed by atoms with E-state index in [-0.39, 0.29) is 23.8 Å². The van der Waals surface area contributed by atoms with E-state index in [4.69, 9.17) is 0 Å². The molecule has 1 aromatic carbocycles. The van der Waals surface area contributed by atoms with E-state index in [1.54, 1.807) is 24.2 Å². The summed E-state index contributed by atoms with van der Waals surface area (Å²) in [4.78, 5) is 28.5. The lowest BCUT2D eigenvalue weighted by molar-refractivity contribution is -0.120. The smallest absolute Gasteiger partial charge is 0.230 e. The molecule has 6 heteroatoms. The summed E-state index contributed by atoms with van der Waals surface area (Å²) >= 11 is 0. The number of anilines is 2. The second-order valence-corrected chi connectivity index (χ2v) is 6.61. The molecule has 0 aromatic heterocycles. The van der Waals surface area contributed by atoms with Crippen LogP contribution in [0.4, 0.5) is 11.4 Å². The van der Waals surface area contributed by atoms with Gasteiger partial charge in [0.25, 0.3) is 0 Å². The summed E-state index contributed by atoms with van der Waals surface area (Å²) < 4.78 is 0. The Balaban J connectivity index is 1.81. The average Bonchev–Trinajstić information content (AvgIpc) is 3.27. The number of rotatable bonds is 2. The molecule has 0 spiro atoms. The van der Waals surface area contributed by atoms with E-state index in [0.29, 0.717) is 6.54 Å². The standard InChI is InChI=1S/C18H19N4O2/c1-11-10-21(18(24)13-3-4-13)17-7-14(15-8-19-20-9-15)5-6-16(17)22(11)12(2)23/h5-9,11,13H,3-4,10H2,1-2H3/t11-/m0/s1. The monoisotopic (exact) mass is 323 g/mol. The highest BCUT2D eigenvalue weighted by atomic mass is 16.2. The normalized spacial score (nSPS) is 22.1. The summed E-state index contributed by atoms with van der Waals surface area (Å²) in [6.07, 6.45) is 5.32. The van der Waals surface area contributed by atoms with Crippen LogP contribution in [-0.2, 0) is 9.59 Å². The molecule has 123 valence electrons. The Hall–Kier alpha value is -2.63. The van der Waals surface area contributed by atoms with Crippen molar-refractivity contribution in [1.82, 2.24) is 5.43 Å². The maximum absolute atomic E-state index is 12.7. The van der Waals surface area contributed by atoms with Gasteiger partial charge in [0, 0.05) is 25.0 Å². The van der Waals surface area contributed by atoms with Gasteiger partial charge in [0.15, 0.2) is 0 Å². The van der Waals surface area contributed by atoms with Gasteiger partial charge in [-0.15, -0.1) is 0 Å². The quantitative estimate of drug-likeness (QED) is 0.837. The molecule has 0 saturated heterocycles. The van der Waals surface area contributed by atoms with E-state index in [0.717, 1.165) is 35.4 Å². The van der Waals surface area contributed by atoms with Crippen molar-refractivity contribution < 1.29 is 9.59 Å². The highest BCUT2D eigenvalue weighted by Gasteiger charge is 2.39. The maximum atomic E-state index is 12.7. The summed E-state index contributed by atoms with van der Waals surface area (Å²) in [6.45, 7) is 4.08. The van der Waals surface area contributed by atoms with Gasteiger partial charge in [0.1, 0.15) is 0 Å². The van der Waals surface area contributed by atoms with Crippen LogP contribution in [0.2, 0.25) is 0 Å². The van der Waals surface area contributed by atoms with Gasteiger partial charge in [0.05, 0.1) is 29.8 Å². The van der Waals surface area contributed by atoms with Crippen molar-refractivity contribution in [2.45, 2.75) is 32.7 Å². The Bertz CT molecular complexity index is 779. The van der Waals surface area contributed by atoms with E-state index in [1.165, 1.54) is 0 Å². The van der Waals surface area contributed by atoms with Crippen LogP contribution in [0.1, 0.15) is 32.3 Å². The molecule has 1 fully saturated rings. The molecule has 0 N–H and O–H groups in total. The van der Waals surface area contributed by atoms with E-state index in [1.807, 2.05) is 30.0 Å². The first-order valence-corrected chi connectivity index (χ1v) is 8.25. The number of hydrogen-bond acceptors (Lipinski definition) is 3. The summed E-state index contributed by atoms with van der Waals surface area (Å²) in [5.74, 6) is 0.300. The second-order valence-electron chi connectivity index (χ2n) is 6.61. The van der Waals surface area contributed by atoms with Gasteiger partial charge in [-0.2, -0.15) is 10.5 Å². The van der Waals surface area contributed by atoms with Gasteiger partial charge in [0.2, 0.25) is 11.8 Å². The molecule has 0 bridgehead atoms. The number of carbonyl (C=O) groups is 2. The molecule has 1 saturated carbocycles. The van der Waals surface area contributed by atoms with Crippen LogP contribution in [0, 0.1) is 5.92 Å². The Morgan fingerprint density at radius 2 is 2.00 bits per heavy atom. The zero-order valence-corrected chi connectivity index (χ0v) is 13.8. The third-order valence-electron chi connectivity index (χ3n) is 4.74. The number of carbonyl (C=O) groups excluding carboxylic acids is 2. The van der Waals surface area contributed by atoms with E-state index in [2.05, 4.69) is 10.5 Å². The first kappa shape index (κ1) is 14.9. The lowest BCUT2D eigenvalue weighted by Gasteiger charge is -2.41. The van der Waals surface area contributed by atoms with Crippen LogP contribution in [0.3, 0.4) is 0 Å². The number of nitrogens with zero attached hydrogens (tertiary/aromatic N) is 4. The lowest BCUT2D eigenvalue weighted by Crippen LogP contribution is -2.51. The molecule has 3 aliphatic rings. The predicted octanol–water partition coefficient (Wildman–Crippen LogP) is 2.13. The predicted molar refractivity (Wildman–Crippen MR) is 92.7 cm³/mol. The fraction of sp³-hybridized carbons (Fsp3) is 0.389. The zero-order valence-electron chi connectivity index (χ0n) is 13.8. The lowest BCUT2D eigenvalue weighted by atomic mass is 10.0. The van der Waals surface area contributed by atoms with Crippen LogP contribution < -0.4 is 15.2 Å². The van der Waals surface area contributed by atoms with Crippen LogP contribution in [0.5, 0.6) is 0 Å². The SMILES string of the molecule is CC(=O)N1c2ccc(C3=C[N]N=C3)cc2N(C(=O)C2CC2)C[C@@H]1C. The van der Waals surface area contributed by atoms with Gasteiger partial charge in [-0.3, -0.25) is 9.59 Å². The van der Waals surface area contributed by atoms with E-state index < -0.39 is 0 Å². The number of allylic oxidation sites excluding steroid dienone is 1. The molecule has 2 aliphatic heterocycles. The Morgan fingerprint density at radius 1 is 1.21 bits per heavy atom. The van der Waals surface area contributed by atoms with Gasteiger partial charge < -0.3 is 9.80 Å². The van der Waals surface area contributed by atoms with Crippen molar-refractivity contribution in [1.29, 1.82) is 0 Å². The number of benzene rings is 1. The minimum Gasteiger partial charge on any atom is -0.308 e. The first-order valence-electron chi connectivity index (χ1n) is 8.25. The molecule has 1 atom stereocenters. The van der Waals surface area contributed by atoms with Crippen molar-refractivity contribution in [2.24, 2.45) is 11.0 Å². The highest BCUT2D eigenvalue weighted by Crippen LogP contribution is 2.41. The molecular formula is C18H19N4O2. The molecule has 1 radical (unpaired) electrons. The highest BCUT2D eigenvalue weighted by molar-refractivity contribution is 6.12. The van der Waals surface area contributed by atoms with Gasteiger partial charge in [-0.1, -0.05) is 6.07 Å². The third-order valence-corrected chi connectivity index (χ3v) is 4.74. The third kappa shape index (κ3) is 2.38. The molecule has 6 nitrogen and oxygen atoms in total. The van der Waals surface area contributed by atoms with Gasteiger partial charge >= 0.3 is 0 Å². The largest absolute Gasteiger partial charge is 0.308 e. The van der Waals surface area contributed by atoms with E-state index in [9.17, 15) is 9.59 Å². The average molecular weight is 323 g/mol. The van der Waals surface area contributed by atoms with Crippen molar-refractivity contribution in [3.8, 4) is 0 Å². The minimum absolute atomic E-state index is 0.00772. The van der Waals surface area contributed by atoms with Crippen LogP contribution in [-0.4, -0.2) is 30.6 Å². The van der Waals surface area contributed by atoms with Crippen molar-refractivity contribution in [2.75, 3.05) is 16.3 Å². The molecule has 24 heavy (non-hydrogen) atoms. The van der Waals surface area contributed by atoms with Crippen molar-refractivity contribution in [3.63, 3.8) is 0 Å². The summed E-state index contributed by atoms with van der Waals surface area (Å²) in [5, 5.41) is 3.86. The molecular weight excluding hydrogens is 304 g/mol. The molecule has 0 unspecified atom stereocenters. The Morgan fingerprint density at radius 3 is 2.62 bits per heavy atom. The van der Waals surface area contributed by atoms with Crippen LogP contribution >= 0.6 is 0 Å². The fourth-order valence-electron chi connectivity index (χ4n) is 3.42. The molecule has 1 aromatic rings. The van der Waals surface area contributed by atoms with Crippen molar-refractivity contribution in [3.05, 3.63) is 30.0 Å². The van der Waals surface area contributed by atoms with Crippen molar-refractivity contribution >= 4 is 35.0 Å². The first-order chi connectivity index (χ1) is 11.6. The molecule has 4 rings (SSSR count). The Kier molecular flexibility index (Phi) is 3.40. The number of fused-ring (bicyclic) bond motifs is 1. The zero-order chi connectivity index (χ0) is 16.8. The number of amides is 2. The van der Waals surface area contributed by atoms with Gasteiger partial charge in [-0.25, -0.2) is 0 Å². The Labute approximate surface area is 140 Å². The maximum Gasteiger partial charge on any atom is 0.230 e. The molecule has 2 amide bonds. The molecule has 1 aliphatic carbocycles. The van der Waals surface area contributed by atoms with Crippen LogP contribution in [0.25, 0.3) is 5.57 Å². The topological polar surface area (TPSA) is 67.1 Å². The van der Waals surface area contributed by atoms with Crippen LogP contribution in [0.15, 0.2) is 29.5 Å². The summed E-state index contributed by atoms with van der Waals surface area (Å²) in [7, 11) is 0. The molecule has 2 heterocycles. The van der Waals surface area contributed by atoms with E-state index >= 15 is 0 Å².